The number of rotatable bonds is 14. The summed E-state index contributed by atoms with van der Waals surface area (Å²) in [5.41, 5.74) is 4.69. The molecular formula is C52H72N4O13. The number of nitrogens with zero attached hydrogens (tertiary/aromatic N) is 4. The van der Waals surface area contributed by atoms with Crippen LogP contribution in [-0.2, 0) is 49.3 Å². The number of aliphatic hydroxyl groups is 4. The van der Waals surface area contributed by atoms with E-state index >= 15 is 0 Å². The van der Waals surface area contributed by atoms with Crippen molar-refractivity contribution >= 4 is 11.8 Å². The van der Waals surface area contributed by atoms with Crippen molar-refractivity contribution in [2.75, 3.05) is 34.9 Å². The number of cyclic esters (lactones) is 1. The van der Waals surface area contributed by atoms with Crippen LogP contribution in [0.2, 0.25) is 0 Å². The molecule has 3 aliphatic heterocycles. The summed E-state index contributed by atoms with van der Waals surface area (Å²) in [6.07, 6.45) is -5.32. The first kappa shape index (κ1) is 52.6. The van der Waals surface area contributed by atoms with Crippen LogP contribution in [0.15, 0.2) is 84.1 Å². The number of benzene rings is 2. The minimum absolute atomic E-state index is 0.0111. The van der Waals surface area contributed by atoms with Crippen LogP contribution in [0.25, 0.3) is 22.4 Å². The molecule has 0 bridgehead atoms. The molecule has 4 aliphatic rings. The Morgan fingerprint density at radius 2 is 1.48 bits per heavy atom. The molecule has 0 spiro atoms. The molecule has 17 atom stereocenters. The summed E-state index contributed by atoms with van der Waals surface area (Å²) in [7, 11) is 6.47. The summed E-state index contributed by atoms with van der Waals surface area (Å²) in [6, 6.07) is 17.5. The van der Waals surface area contributed by atoms with E-state index in [-0.39, 0.29) is 18.0 Å². The normalized spacial score (nSPS) is 37.4. The molecule has 1 aliphatic carbocycles. The molecule has 1 saturated carbocycles. The Morgan fingerprint density at radius 1 is 0.826 bits per heavy atom. The van der Waals surface area contributed by atoms with Crippen molar-refractivity contribution in [3.8, 4) is 22.4 Å². The van der Waals surface area contributed by atoms with Gasteiger partial charge < -0.3 is 58.5 Å². The monoisotopic (exact) mass is 961 g/mol. The Balaban J connectivity index is 1.22. The smallest absolute Gasteiger partial charge is 0.308 e. The van der Waals surface area contributed by atoms with E-state index < -0.39 is 116 Å². The predicted octanol–water partition coefficient (Wildman–Crippen LogP) is 4.35. The number of Topliss-reactive ketones (excluding diaryl/α,β-unsaturated/α-hetero) is 1. The van der Waals surface area contributed by atoms with Crippen molar-refractivity contribution in [2.24, 2.45) is 23.7 Å². The highest BCUT2D eigenvalue weighted by molar-refractivity contribution is 5.98. The number of carbonyl (C=O) groups is 2. The van der Waals surface area contributed by atoms with Gasteiger partial charge in [-0.05, 0) is 71.2 Å². The summed E-state index contributed by atoms with van der Waals surface area (Å²) >= 11 is 0. The summed E-state index contributed by atoms with van der Waals surface area (Å²) in [6.45, 7) is 9.38. The summed E-state index contributed by atoms with van der Waals surface area (Å²) < 4.78 is 44.7. The molecule has 4 N–H and O–H groups in total. The van der Waals surface area contributed by atoms with Crippen LogP contribution < -0.4 is 0 Å². The molecule has 7 rings (SSSR count). The number of aryl methyl sites for hydroxylation is 1. The molecule has 378 valence electrons. The van der Waals surface area contributed by atoms with Gasteiger partial charge in [0.15, 0.2) is 18.4 Å². The standard InChI is InChI=1S/C52H72N4O13/c1-10-40-36(27-65-52-50(64-9)49(63-8)46(61)31(5)67-52)22-28(2)23-37-42(39(57)25-41(58)68-40)48(69-51-47(62)43(55(6)7)45(60)30(4)66-51)35(24-29(3)44(37)59)20-21-56-26-38(53-54-56)34-18-16-33(17-19-34)32-14-12-11-13-15-32/h11-19,22-23,26,29-31,35-36,39-40,42-43,45-52,57,60-62H,10,20-21,24-25,27H2,1-9H3/b28-22+,37-23+/t29-,30-,31?,35+,36-,39-,40-,42+,43?,45?,46?,47?,48+,49?,50?,51+,52?/m1/s1. The third kappa shape index (κ3) is 11.9. The van der Waals surface area contributed by atoms with Crippen molar-refractivity contribution in [1.82, 2.24) is 19.9 Å². The van der Waals surface area contributed by atoms with Gasteiger partial charge in [-0.25, -0.2) is 0 Å². The molecule has 1 aromatic heterocycles. The minimum atomic E-state index is -1.47. The van der Waals surface area contributed by atoms with E-state index in [1.165, 1.54) is 14.2 Å². The number of fused-ring (bicyclic) bond motifs is 1. The first-order chi connectivity index (χ1) is 33.0. The first-order valence-corrected chi connectivity index (χ1v) is 24.2. The van der Waals surface area contributed by atoms with Gasteiger partial charge in [-0.3, -0.25) is 14.3 Å². The molecule has 4 heterocycles. The molecule has 0 radical (unpaired) electrons. The van der Waals surface area contributed by atoms with Gasteiger partial charge in [0, 0.05) is 49.7 Å². The van der Waals surface area contributed by atoms with E-state index in [4.69, 9.17) is 33.2 Å². The van der Waals surface area contributed by atoms with Crippen molar-refractivity contribution in [1.29, 1.82) is 0 Å². The second kappa shape index (κ2) is 23.3. The number of hydrogen-bond donors (Lipinski definition) is 4. The van der Waals surface area contributed by atoms with Crippen LogP contribution >= 0.6 is 0 Å². The van der Waals surface area contributed by atoms with E-state index in [1.807, 2.05) is 75.5 Å². The Morgan fingerprint density at radius 3 is 2.14 bits per heavy atom. The Hall–Kier alpha value is -4.24. The highest BCUT2D eigenvalue weighted by Gasteiger charge is 2.51. The maximum atomic E-state index is 14.8. The van der Waals surface area contributed by atoms with Crippen LogP contribution in [0.5, 0.6) is 0 Å². The zero-order valence-corrected chi connectivity index (χ0v) is 41.2. The van der Waals surface area contributed by atoms with Gasteiger partial charge >= 0.3 is 5.97 Å². The summed E-state index contributed by atoms with van der Waals surface area (Å²) in [5.74, 6) is -3.51. The quantitative estimate of drug-likeness (QED) is 0.165. The molecule has 2 aromatic carbocycles. The molecule has 0 amide bonds. The fraction of sp³-hybridized carbons (Fsp3) is 0.615. The van der Waals surface area contributed by atoms with Crippen molar-refractivity contribution in [2.45, 2.75) is 147 Å². The van der Waals surface area contributed by atoms with Gasteiger partial charge in [-0.15, -0.1) is 5.10 Å². The Kier molecular flexibility index (Phi) is 17.8. The van der Waals surface area contributed by atoms with Crippen LogP contribution in [0.4, 0.5) is 0 Å². The molecule has 69 heavy (non-hydrogen) atoms. The number of likely N-dealkylation sites (N-methyl/N-ethyl adjacent to an activating group) is 1. The number of methoxy groups -OCH3 is 2. The Bertz CT molecular complexity index is 2220. The molecule has 3 fully saturated rings. The fourth-order valence-corrected chi connectivity index (χ4v) is 10.6. The Labute approximate surface area is 405 Å². The van der Waals surface area contributed by atoms with Crippen LogP contribution in [-0.4, -0.2) is 167 Å². The van der Waals surface area contributed by atoms with Gasteiger partial charge in [-0.2, -0.15) is 0 Å². The topological polar surface area (TPSA) is 214 Å². The van der Waals surface area contributed by atoms with E-state index in [0.717, 1.165) is 16.7 Å². The maximum absolute atomic E-state index is 14.8. The number of esters is 1. The maximum Gasteiger partial charge on any atom is 0.308 e. The van der Waals surface area contributed by atoms with Gasteiger partial charge in [0.25, 0.3) is 0 Å². The van der Waals surface area contributed by atoms with E-state index in [9.17, 15) is 30.0 Å². The van der Waals surface area contributed by atoms with Crippen LogP contribution in [0.3, 0.4) is 0 Å². The minimum Gasteiger partial charge on any atom is -0.462 e. The third-order valence-electron chi connectivity index (χ3n) is 14.4. The van der Waals surface area contributed by atoms with Gasteiger partial charge in [0.2, 0.25) is 0 Å². The first-order valence-electron chi connectivity index (χ1n) is 24.2. The number of aliphatic hydroxyl groups excluding tert-OH is 4. The third-order valence-corrected chi connectivity index (χ3v) is 14.4. The van der Waals surface area contributed by atoms with Gasteiger partial charge in [0.1, 0.15) is 36.2 Å². The number of hydrogen-bond acceptors (Lipinski definition) is 16. The van der Waals surface area contributed by atoms with Gasteiger partial charge in [-0.1, -0.05) is 91.4 Å². The second-order valence-corrected chi connectivity index (χ2v) is 19.4. The summed E-state index contributed by atoms with van der Waals surface area (Å²) in [4.78, 5) is 30.6. The average Bonchev–Trinajstić information content (AvgIpc) is 3.78. The van der Waals surface area contributed by atoms with Crippen LogP contribution in [0, 0.1) is 23.7 Å². The zero-order valence-electron chi connectivity index (χ0n) is 41.2. The highest BCUT2D eigenvalue weighted by atomic mass is 16.7. The van der Waals surface area contributed by atoms with E-state index in [0.29, 0.717) is 37.1 Å². The molecule has 3 aromatic rings. The zero-order chi connectivity index (χ0) is 49.7. The van der Waals surface area contributed by atoms with E-state index in [2.05, 4.69) is 22.4 Å². The number of allylic oxidation sites excluding steroid dienone is 2. The second-order valence-electron chi connectivity index (χ2n) is 19.4. The van der Waals surface area contributed by atoms with Crippen molar-refractivity contribution in [3.05, 3.63) is 84.1 Å². The lowest BCUT2D eigenvalue weighted by atomic mass is 9.79. The van der Waals surface area contributed by atoms with Crippen molar-refractivity contribution < 1.29 is 63.2 Å². The molecule has 2 saturated heterocycles. The lowest BCUT2D eigenvalue weighted by Gasteiger charge is -2.46. The fourth-order valence-electron chi connectivity index (χ4n) is 10.6. The van der Waals surface area contributed by atoms with E-state index in [1.54, 1.807) is 43.6 Å². The lowest BCUT2D eigenvalue weighted by Crippen LogP contribution is -2.63. The molecule has 17 heteroatoms. The average molecular weight is 961 g/mol. The van der Waals surface area contributed by atoms with Crippen LogP contribution in [0.1, 0.15) is 60.3 Å². The van der Waals surface area contributed by atoms with Crippen molar-refractivity contribution in [3.63, 3.8) is 0 Å². The highest BCUT2D eigenvalue weighted by Crippen LogP contribution is 2.42. The molecule has 17 nitrogen and oxygen atoms in total. The molecule has 8 unspecified atom stereocenters. The predicted molar refractivity (Wildman–Crippen MR) is 254 cm³/mol. The number of aromatic nitrogens is 3. The molecular weight excluding hydrogens is 889 g/mol. The number of ether oxygens (including phenoxy) is 7. The largest absolute Gasteiger partial charge is 0.462 e. The number of carbonyl (C=O) groups excluding carboxylic acids is 2. The lowest BCUT2D eigenvalue weighted by molar-refractivity contribution is -0.304. The summed E-state index contributed by atoms with van der Waals surface area (Å²) in [5, 5.41) is 55.1. The van der Waals surface area contributed by atoms with Gasteiger partial charge in [0.05, 0.1) is 55.8 Å². The number of ketones is 1. The SMILES string of the molecule is CC[C@H]1OC(=O)C[C@@H](O)[C@@H]2/C(=C\C(C)=C\[C@@H]1COC1OC(C)C(O)C(OC)C1OC)C(=O)[C@H](C)C[C@H](CCn1cc(-c3ccc(-c4ccccc4)cc3)nn1)[C@@H]2O[C@@H]1O[C@H](C)C(O)C(N(C)C)C1O.